The molecule has 0 aliphatic rings. The van der Waals surface area contributed by atoms with Gasteiger partial charge in [0.15, 0.2) is 0 Å². The lowest BCUT2D eigenvalue weighted by atomic mass is 10.2. The van der Waals surface area contributed by atoms with Crippen LogP contribution < -0.4 is 5.32 Å². The number of amides is 1. The molecule has 3 nitrogen and oxygen atoms in total. The number of hydrogen-bond donors (Lipinski definition) is 2. The Balaban J connectivity index is 2.87. The predicted molar refractivity (Wildman–Crippen MR) is 63.2 cm³/mol. The second kappa shape index (κ2) is 5.49. The average molecular weight is 293 g/mol. The van der Waals surface area contributed by atoms with E-state index in [2.05, 4.69) is 21.2 Å². The second-order valence-electron chi connectivity index (χ2n) is 3.16. The van der Waals surface area contributed by atoms with Gasteiger partial charge in [-0.25, -0.2) is 0 Å². The van der Waals surface area contributed by atoms with Crippen molar-refractivity contribution >= 4 is 33.4 Å². The first-order chi connectivity index (χ1) is 7.06. The molecule has 1 atom stereocenters. The molecule has 0 aliphatic carbocycles. The van der Waals surface area contributed by atoms with Crippen LogP contribution in [0.1, 0.15) is 17.3 Å². The van der Waals surface area contributed by atoms with Crippen LogP contribution >= 0.6 is 27.5 Å². The zero-order valence-corrected chi connectivity index (χ0v) is 10.5. The maximum absolute atomic E-state index is 11.7. The molecule has 0 radical (unpaired) electrons. The minimum atomic E-state index is -0.289. The molecule has 0 spiro atoms. The van der Waals surface area contributed by atoms with Gasteiger partial charge in [0.2, 0.25) is 0 Å². The average Bonchev–Trinajstić information content (AvgIpc) is 2.21. The number of rotatable bonds is 3. The Hall–Kier alpha value is -0.580. The second-order valence-corrected chi connectivity index (χ2v) is 4.39. The summed E-state index contributed by atoms with van der Waals surface area (Å²) in [6.45, 7) is 1.61. The Morgan fingerprint density at radius 3 is 2.93 bits per heavy atom. The quantitative estimate of drug-likeness (QED) is 0.897. The van der Waals surface area contributed by atoms with Gasteiger partial charge < -0.3 is 10.4 Å². The summed E-state index contributed by atoms with van der Waals surface area (Å²) in [7, 11) is 0. The van der Waals surface area contributed by atoms with Gasteiger partial charge in [-0.1, -0.05) is 17.7 Å². The molecule has 0 fully saturated rings. The Kier molecular flexibility index (Phi) is 4.57. The Bertz CT molecular complexity index is 370. The molecular formula is C10H11BrClNO2. The number of carbonyl (C=O) groups is 1. The number of nitrogens with one attached hydrogen (secondary N) is 1. The highest BCUT2D eigenvalue weighted by molar-refractivity contribution is 9.10. The summed E-state index contributed by atoms with van der Waals surface area (Å²) in [6, 6.07) is 4.84. The number of benzene rings is 1. The first-order valence-corrected chi connectivity index (χ1v) is 5.59. The summed E-state index contributed by atoms with van der Waals surface area (Å²) in [5.74, 6) is -0.289. The Morgan fingerprint density at radius 1 is 1.67 bits per heavy atom. The molecule has 5 heteroatoms. The molecule has 82 valence electrons. The SMILES string of the molecule is C[C@@H](CO)NC(=O)c1cccc(Br)c1Cl. The number of aliphatic hydroxyl groups excluding tert-OH is 1. The minimum absolute atomic E-state index is 0.0998. The molecule has 1 aromatic carbocycles. The molecule has 0 saturated carbocycles. The van der Waals surface area contributed by atoms with Gasteiger partial charge in [0.25, 0.3) is 5.91 Å². The van der Waals surface area contributed by atoms with E-state index >= 15 is 0 Å². The van der Waals surface area contributed by atoms with Gasteiger partial charge in [0.1, 0.15) is 0 Å². The molecule has 1 rings (SSSR count). The van der Waals surface area contributed by atoms with Crippen molar-refractivity contribution in [2.75, 3.05) is 6.61 Å². The van der Waals surface area contributed by atoms with E-state index in [1.165, 1.54) is 0 Å². The summed E-state index contributed by atoms with van der Waals surface area (Å²) in [4.78, 5) is 11.7. The van der Waals surface area contributed by atoms with E-state index < -0.39 is 0 Å². The van der Waals surface area contributed by atoms with E-state index in [0.717, 1.165) is 0 Å². The van der Waals surface area contributed by atoms with Crippen molar-refractivity contribution in [1.82, 2.24) is 5.32 Å². The topological polar surface area (TPSA) is 49.3 Å². The van der Waals surface area contributed by atoms with Crippen LogP contribution in [0.5, 0.6) is 0 Å². The lowest BCUT2D eigenvalue weighted by molar-refractivity contribution is 0.0922. The van der Waals surface area contributed by atoms with E-state index in [1.807, 2.05) is 0 Å². The Labute approximate surface area is 102 Å². The van der Waals surface area contributed by atoms with Crippen LogP contribution in [-0.4, -0.2) is 23.7 Å². The van der Waals surface area contributed by atoms with Crippen molar-refractivity contribution in [3.8, 4) is 0 Å². The molecule has 1 amide bonds. The molecule has 1 aromatic rings. The van der Waals surface area contributed by atoms with Gasteiger partial charge in [0.05, 0.1) is 17.2 Å². The summed E-state index contributed by atoms with van der Waals surface area (Å²) in [5.41, 5.74) is 0.395. The number of halogens is 2. The number of aliphatic hydroxyl groups is 1. The molecule has 15 heavy (non-hydrogen) atoms. The molecule has 2 N–H and O–H groups in total. The first-order valence-electron chi connectivity index (χ1n) is 4.42. The summed E-state index contributed by atoms with van der Waals surface area (Å²) >= 11 is 9.18. The van der Waals surface area contributed by atoms with Gasteiger partial charge in [-0.15, -0.1) is 0 Å². The zero-order chi connectivity index (χ0) is 11.4. The molecule has 0 aromatic heterocycles. The fourth-order valence-electron chi connectivity index (χ4n) is 1.03. The largest absolute Gasteiger partial charge is 0.394 e. The van der Waals surface area contributed by atoms with E-state index in [1.54, 1.807) is 25.1 Å². The van der Waals surface area contributed by atoms with Crippen molar-refractivity contribution in [2.45, 2.75) is 13.0 Å². The van der Waals surface area contributed by atoms with Crippen molar-refractivity contribution in [3.63, 3.8) is 0 Å². The highest BCUT2D eigenvalue weighted by Gasteiger charge is 2.13. The van der Waals surface area contributed by atoms with E-state index in [0.29, 0.717) is 15.1 Å². The molecule has 0 heterocycles. The van der Waals surface area contributed by atoms with Crippen molar-refractivity contribution in [2.24, 2.45) is 0 Å². The van der Waals surface area contributed by atoms with E-state index in [4.69, 9.17) is 16.7 Å². The lowest BCUT2D eigenvalue weighted by Gasteiger charge is -2.11. The predicted octanol–water partition coefficient (Wildman–Crippen LogP) is 2.21. The third-order valence-electron chi connectivity index (χ3n) is 1.85. The standard InChI is InChI=1S/C10H11BrClNO2/c1-6(5-14)13-10(15)7-3-2-4-8(11)9(7)12/h2-4,6,14H,5H2,1H3,(H,13,15)/t6-/m0/s1. The van der Waals surface area contributed by atoms with Gasteiger partial charge in [-0.05, 0) is 35.0 Å². The van der Waals surface area contributed by atoms with Crippen LogP contribution in [0.2, 0.25) is 5.02 Å². The molecule has 0 aliphatic heterocycles. The normalized spacial score (nSPS) is 12.3. The fraction of sp³-hybridized carbons (Fsp3) is 0.300. The third-order valence-corrected chi connectivity index (χ3v) is 3.14. The Morgan fingerprint density at radius 2 is 2.33 bits per heavy atom. The summed E-state index contributed by atoms with van der Waals surface area (Å²) in [6.07, 6.45) is 0. The van der Waals surface area contributed by atoms with Crippen LogP contribution in [0.4, 0.5) is 0 Å². The molecule has 0 bridgehead atoms. The smallest absolute Gasteiger partial charge is 0.253 e. The maximum Gasteiger partial charge on any atom is 0.253 e. The van der Waals surface area contributed by atoms with Crippen LogP contribution in [0.15, 0.2) is 22.7 Å². The minimum Gasteiger partial charge on any atom is -0.394 e. The van der Waals surface area contributed by atoms with E-state index in [9.17, 15) is 4.79 Å². The molecular weight excluding hydrogens is 281 g/mol. The monoisotopic (exact) mass is 291 g/mol. The van der Waals surface area contributed by atoms with Crippen molar-refractivity contribution in [3.05, 3.63) is 33.3 Å². The highest BCUT2D eigenvalue weighted by Crippen LogP contribution is 2.25. The van der Waals surface area contributed by atoms with Crippen molar-refractivity contribution < 1.29 is 9.90 Å². The third kappa shape index (κ3) is 3.19. The molecule has 0 saturated heterocycles. The van der Waals surface area contributed by atoms with E-state index in [-0.39, 0.29) is 18.6 Å². The zero-order valence-electron chi connectivity index (χ0n) is 8.13. The maximum atomic E-state index is 11.7. The number of hydrogen-bond acceptors (Lipinski definition) is 2. The lowest BCUT2D eigenvalue weighted by Crippen LogP contribution is -2.35. The highest BCUT2D eigenvalue weighted by atomic mass is 79.9. The van der Waals surface area contributed by atoms with Crippen LogP contribution in [0.25, 0.3) is 0 Å². The fourth-order valence-corrected chi connectivity index (χ4v) is 1.60. The first kappa shape index (κ1) is 12.5. The summed E-state index contributed by atoms with van der Waals surface area (Å²) < 4.78 is 0.675. The molecule has 0 unspecified atom stereocenters. The van der Waals surface area contributed by atoms with Gasteiger partial charge in [-0.2, -0.15) is 0 Å². The van der Waals surface area contributed by atoms with Gasteiger partial charge >= 0.3 is 0 Å². The van der Waals surface area contributed by atoms with Gasteiger partial charge in [-0.3, -0.25) is 4.79 Å². The van der Waals surface area contributed by atoms with Crippen LogP contribution in [-0.2, 0) is 0 Å². The van der Waals surface area contributed by atoms with Crippen LogP contribution in [0, 0.1) is 0 Å². The number of carbonyl (C=O) groups excluding carboxylic acids is 1. The summed E-state index contributed by atoms with van der Waals surface area (Å²) in [5, 5.41) is 11.8. The van der Waals surface area contributed by atoms with Gasteiger partial charge in [0, 0.05) is 10.5 Å². The van der Waals surface area contributed by atoms with Crippen molar-refractivity contribution in [1.29, 1.82) is 0 Å². The van der Waals surface area contributed by atoms with Crippen LogP contribution in [0.3, 0.4) is 0 Å².